The quantitative estimate of drug-likeness (QED) is 0.937. The van der Waals surface area contributed by atoms with E-state index in [1.165, 1.54) is 0 Å². The van der Waals surface area contributed by atoms with Crippen LogP contribution in [0.5, 0.6) is 11.6 Å². The number of halogens is 2. The molecule has 0 aliphatic carbocycles. The van der Waals surface area contributed by atoms with Gasteiger partial charge < -0.3 is 9.84 Å². The molecule has 0 saturated carbocycles. The summed E-state index contributed by atoms with van der Waals surface area (Å²) in [6.07, 6.45) is 1.57. The van der Waals surface area contributed by atoms with Crippen LogP contribution >= 0.6 is 27.5 Å². The number of nitrogens with zero attached hydrogens (tertiary/aromatic N) is 1. The highest BCUT2D eigenvalue weighted by molar-refractivity contribution is 9.10. The highest BCUT2D eigenvalue weighted by Gasteiger charge is 2.05. The van der Waals surface area contributed by atoms with Crippen LogP contribution in [0.25, 0.3) is 0 Å². The molecule has 88 valence electrons. The molecule has 1 aromatic carbocycles. The third-order valence-corrected chi connectivity index (χ3v) is 2.89. The summed E-state index contributed by atoms with van der Waals surface area (Å²) in [6.45, 7) is -0.0488. The average Bonchev–Trinajstić information content (AvgIpc) is 2.34. The van der Waals surface area contributed by atoms with E-state index >= 15 is 0 Å². The lowest BCUT2D eigenvalue weighted by molar-refractivity contribution is 0.281. The van der Waals surface area contributed by atoms with Crippen LogP contribution in [0.2, 0.25) is 5.02 Å². The zero-order valence-electron chi connectivity index (χ0n) is 8.73. The Morgan fingerprint density at radius 3 is 2.59 bits per heavy atom. The summed E-state index contributed by atoms with van der Waals surface area (Å²) in [5, 5.41) is 9.61. The Bertz CT molecular complexity index is 516. The van der Waals surface area contributed by atoms with Crippen molar-refractivity contribution in [1.82, 2.24) is 4.98 Å². The number of hydrogen-bond donors (Lipinski definition) is 1. The number of rotatable bonds is 3. The van der Waals surface area contributed by atoms with Crippen LogP contribution in [-0.4, -0.2) is 10.1 Å². The standard InChI is InChI=1S/C12H9BrClNO2/c13-11-5-8(7-16)6-15-12(11)17-10-3-1-9(14)2-4-10/h1-6,16H,7H2. The Morgan fingerprint density at radius 1 is 1.29 bits per heavy atom. The molecule has 0 spiro atoms. The largest absolute Gasteiger partial charge is 0.438 e. The highest BCUT2D eigenvalue weighted by atomic mass is 79.9. The van der Waals surface area contributed by atoms with Crippen molar-refractivity contribution in [2.75, 3.05) is 0 Å². The Balaban J connectivity index is 2.21. The summed E-state index contributed by atoms with van der Waals surface area (Å²) in [5.74, 6) is 1.10. The minimum absolute atomic E-state index is 0.0488. The summed E-state index contributed by atoms with van der Waals surface area (Å²) >= 11 is 9.11. The Hall–Kier alpha value is -1.10. The molecule has 17 heavy (non-hydrogen) atoms. The van der Waals surface area contributed by atoms with Crippen molar-refractivity contribution in [3.8, 4) is 11.6 Å². The molecule has 2 aromatic rings. The summed E-state index contributed by atoms with van der Waals surface area (Å²) in [6, 6.07) is 8.77. The molecule has 0 unspecified atom stereocenters. The smallest absolute Gasteiger partial charge is 0.233 e. The van der Waals surface area contributed by atoms with Gasteiger partial charge in [0, 0.05) is 11.2 Å². The van der Waals surface area contributed by atoms with Crippen LogP contribution in [0.1, 0.15) is 5.56 Å². The number of ether oxygens (including phenoxy) is 1. The van der Waals surface area contributed by atoms with Gasteiger partial charge in [-0.05, 0) is 51.8 Å². The molecule has 2 rings (SSSR count). The number of aliphatic hydroxyl groups is 1. The topological polar surface area (TPSA) is 42.4 Å². The summed E-state index contributed by atoms with van der Waals surface area (Å²) in [4.78, 5) is 4.10. The highest BCUT2D eigenvalue weighted by Crippen LogP contribution is 2.28. The number of aliphatic hydroxyl groups excluding tert-OH is 1. The minimum Gasteiger partial charge on any atom is -0.438 e. The second-order valence-corrected chi connectivity index (χ2v) is 4.64. The van der Waals surface area contributed by atoms with Crippen molar-refractivity contribution >= 4 is 27.5 Å². The molecule has 0 amide bonds. The van der Waals surface area contributed by atoms with E-state index in [4.69, 9.17) is 21.4 Å². The lowest BCUT2D eigenvalue weighted by Crippen LogP contribution is -1.92. The van der Waals surface area contributed by atoms with Crippen molar-refractivity contribution in [2.24, 2.45) is 0 Å². The fourth-order valence-corrected chi connectivity index (χ4v) is 1.84. The lowest BCUT2D eigenvalue weighted by Gasteiger charge is -2.07. The molecule has 0 radical (unpaired) electrons. The average molecular weight is 315 g/mol. The van der Waals surface area contributed by atoms with Gasteiger partial charge in [-0.3, -0.25) is 0 Å². The summed E-state index contributed by atoms with van der Waals surface area (Å²) in [5.41, 5.74) is 0.723. The molecular formula is C12H9BrClNO2. The predicted octanol–water partition coefficient (Wildman–Crippen LogP) is 3.78. The van der Waals surface area contributed by atoms with Gasteiger partial charge in [-0.15, -0.1) is 0 Å². The molecule has 1 heterocycles. The third kappa shape index (κ3) is 3.19. The van der Waals surface area contributed by atoms with Crippen LogP contribution < -0.4 is 4.74 Å². The lowest BCUT2D eigenvalue weighted by atomic mass is 10.3. The molecule has 0 fully saturated rings. The number of aromatic nitrogens is 1. The SMILES string of the molecule is OCc1cnc(Oc2ccc(Cl)cc2)c(Br)c1. The van der Waals surface area contributed by atoms with Gasteiger partial charge in [-0.25, -0.2) is 4.98 Å². The number of hydrogen-bond acceptors (Lipinski definition) is 3. The summed E-state index contributed by atoms with van der Waals surface area (Å²) < 4.78 is 6.26. The first kappa shape index (κ1) is 12.4. The van der Waals surface area contributed by atoms with Gasteiger partial charge in [-0.1, -0.05) is 11.6 Å². The van der Waals surface area contributed by atoms with E-state index in [0.717, 1.165) is 5.56 Å². The van der Waals surface area contributed by atoms with Crippen LogP contribution in [-0.2, 0) is 6.61 Å². The molecule has 5 heteroatoms. The Labute approximate surface area is 112 Å². The third-order valence-electron chi connectivity index (χ3n) is 2.07. The van der Waals surface area contributed by atoms with Crippen molar-refractivity contribution in [3.05, 3.63) is 51.6 Å². The van der Waals surface area contributed by atoms with Gasteiger partial charge in [0.25, 0.3) is 0 Å². The number of benzene rings is 1. The normalized spacial score (nSPS) is 10.3. The number of pyridine rings is 1. The van der Waals surface area contributed by atoms with Crippen molar-refractivity contribution in [2.45, 2.75) is 6.61 Å². The Kier molecular flexibility index (Phi) is 3.99. The summed E-state index contributed by atoms with van der Waals surface area (Å²) in [7, 11) is 0. The molecule has 0 saturated heterocycles. The van der Waals surface area contributed by atoms with Crippen LogP contribution in [0.4, 0.5) is 0 Å². The van der Waals surface area contributed by atoms with Gasteiger partial charge in [0.1, 0.15) is 5.75 Å². The molecule has 1 N–H and O–H groups in total. The first-order valence-corrected chi connectivity index (χ1v) is 6.05. The zero-order valence-corrected chi connectivity index (χ0v) is 11.1. The van der Waals surface area contributed by atoms with E-state index in [0.29, 0.717) is 21.1 Å². The van der Waals surface area contributed by atoms with Gasteiger partial charge in [0.2, 0.25) is 5.88 Å². The first-order chi connectivity index (χ1) is 8.19. The second kappa shape index (κ2) is 5.49. The van der Waals surface area contributed by atoms with E-state index < -0.39 is 0 Å². The second-order valence-electron chi connectivity index (χ2n) is 3.34. The van der Waals surface area contributed by atoms with Gasteiger partial charge in [0.05, 0.1) is 11.1 Å². The maximum Gasteiger partial charge on any atom is 0.233 e. The fourth-order valence-electron chi connectivity index (χ4n) is 1.24. The maximum absolute atomic E-state index is 8.96. The first-order valence-electron chi connectivity index (χ1n) is 4.88. The molecule has 0 atom stereocenters. The van der Waals surface area contributed by atoms with E-state index in [9.17, 15) is 0 Å². The molecule has 0 aliphatic rings. The maximum atomic E-state index is 8.96. The molecular weight excluding hydrogens is 305 g/mol. The Morgan fingerprint density at radius 2 is 2.00 bits per heavy atom. The molecule has 1 aromatic heterocycles. The zero-order chi connectivity index (χ0) is 12.3. The van der Waals surface area contributed by atoms with Crippen molar-refractivity contribution < 1.29 is 9.84 Å². The van der Waals surface area contributed by atoms with E-state index in [1.54, 1.807) is 36.5 Å². The van der Waals surface area contributed by atoms with Crippen molar-refractivity contribution in [3.63, 3.8) is 0 Å². The van der Waals surface area contributed by atoms with Crippen molar-refractivity contribution in [1.29, 1.82) is 0 Å². The minimum atomic E-state index is -0.0488. The van der Waals surface area contributed by atoms with E-state index in [2.05, 4.69) is 20.9 Å². The van der Waals surface area contributed by atoms with Crippen LogP contribution in [0.15, 0.2) is 41.0 Å². The van der Waals surface area contributed by atoms with Gasteiger partial charge >= 0.3 is 0 Å². The van der Waals surface area contributed by atoms with Gasteiger partial charge in [0.15, 0.2) is 0 Å². The molecule has 0 aliphatic heterocycles. The van der Waals surface area contributed by atoms with Gasteiger partial charge in [-0.2, -0.15) is 0 Å². The molecule has 0 bridgehead atoms. The van der Waals surface area contributed by atoms with E-state index in [-0.39, 0.29) is 6.61 Å². The monoisotopic (exact) mass is 313 g/mol. The fraction of sp³-hybridized carbons (Fsp3) is 0.0833. The van der Waals surface area contributed by atoms with E-state index in [1.807, 2.05) is 0 Å². The predicted molar refractivity (Wildman–Crippen MR) is 69.4 cm³/mol. The molecule has 3 nitrogen and oxygen atoms in total. The van der Waals surface area contributed by atoms with Crippen LogP contribution in [0, 0.1) is 0 Å². The van der Waals surface area contributed by atoms with Crippen LogP contribution in [0.3, 0.4) is 0 Å².